The summed E-state index contributed by atoms with van der Waals surface area (Å²) in [5.74, 6) is -0.742. The molecule has 0 spiro atoms. The summed E-state index contributed by atoms with van der Waals surface area (Å²) in [6.45, 7) is 5.28. The maximum atomic E-state index is 11.2. The number of aldehydes is 1. The second-order valence-corrected chi connectivity index (χ2v) is 5.30. The molecule has 0 aliphatic rings. The van der Waals surface area contributed by atoms with Gasteiger partial charge in [0, 0.05) is 0 Å². The Morgan fingerprint density at radius 1 is 1.47 bits per heavy atom. The fourth-order valence-corrected chi connectivity index (χ4v) is 1.42. The molecule has 0 aliphatic carbocycles. The summed E-state index contributed by atoms with van der Waals surface area (Å²) >= 11 is 1.03. The molecule has 5 nitrogen and oxygen atoms in total. The van der Waals surface area contributed by atoms with E-state index in [4.69, 9.17) is 16.2 Å². The van der Waals surface area contributed by atoms with Crippen molar-refractivity contribution in [2.45, 2.75) is 37.3 Å². The van der Waals surface area contributed by atoms with Gasteiger partial charge in [-0.05, 0) is 27.0 Å². The highest BCUT2D eigenvalue weighted by Gasteiger charge is 2.41. The van der Waals surface area contributed by atoms with Gasteiger partial charge in [0.2, 0.25) is 5.91 Å². The number of carbonyl (C=O) groups excluding carboxylic acids is 2. The Hall–Kier alpha value is -0.590. The fraction of sp³-hybridized carbons (Fsp3) is 0.778. The number of carbonyl (C=O) groups is 2. The molecule has 6 heteroatoms. The molecule has 2 unspecified atom stereocenters. The van der Waals surface area contributed by atoms with Gasteiger partial charge in [-0.2, -0.15) is 0 Å². The minimum Gasteiger partial charge on any atom is -0.367 e. The molecule has 0 aromatic heterocycles. The molecule has 0 saturated heterocycles. The summed E-state index contributed by atoms with van der Waals surface area (Å²) in [7, 11) is 0. The normalized spacial score (nSPS) is 17.9. The minimum absolute atomic E-state index is 0.485. The van der Waals surface area contributed by atoms with Crippen molar-refractivity contribution in [2.75, 3.05) is 6.26 Å². The average Bonchev–Trinajstić information content (AvgIpc) is 2.11. The van der Waals surface area contributed by atoms with E-state index in [0.29, 0.717) is 6.29 Å². The van der Waals surface area contributed by atoms with Gasteiger partial charge < -0.3 is 21.0 Å². The number of amides is 1. The van der Waals surface area contributed by atoms with E-state index in [1.807, 2.05) is 0 Å². The first-order chi connectivity index (χ1) is 6.66. The zero-order chi connectivity index (χ0) is 12.3. The first kappa shape index (κ1) is 14.4. The quantitative estimate of drug-likeness (QED) is 0.510. The topological polar surface area (TPSA) is 95.4 Å². The van der Waals surface area contributed by atoms with E-state index in [0.717, 1.165) is 11.8 Å². The van der Waals surface area contributed by atoms with E-state index in [9.17, 15) is 9.59 Å². The van der Waals surface area contributed by atoms with Gasteiger partial charge in [0.15, 0.2) is 17.3 Å². The van der Waals surface area contributed by atoms with E-state index in [2.05, 4.69) is 0 Å². The smallest absolute Gasteiger partial charge is 0.249 e. The van der Waals surface area contributed by atoms with Crippen LogP contribution < -0.4 is 11.5 Å². The van der Waals surface area contributed by atoms with Crippen molar-refractivity contribution in [2.24, 2.45) is 11.5 Å². The fourth-order valence-electron chi connectivity index (χ4n) is 0.943. The molecule has 15 heavy (non-hydrogen) atoms. The van der Waals surface area contributed by atoms with Crippen LogP contribution in [-0.4, -0.2) is 35.0 Å². The first-order valence-electron chi connectivity index (χ1n) is 4.44. The molecule has 0 radical (unpaired) electrons. The van der Waals surface area contributed by atoms with E-state index in [1.54, 1.807) is 27.0 Å². The monoisotopic (exact) mass is 234 g/mol. The SMILES string of the molecule is CSC(N)(C=O)C(OC(C)(C)C)C(N)=O. The number of primary amides is 1. The van der Waals surface area contributed by atoms with Gasteiger partial charge in [0.1, 0.15) is 0 Å². The van der Waals surface area contributed by atoms with Gasteiger partial charge in [-0.25, -0.2) is 0 Å². The summed E-state index contributed by atoms with van der Waals surface area (Å²) in [5, 5.41) is 0. The Balaban J connectivity index is 4.97. The van der Waals surface area contributed by atoms with Crippen LogP contribution in [0.3, 0.4) is 0 Å². The van der Waals surface area contributed by atoms with Gasteiger partial charge in [0.25, 0.3) is 0 Å². The predicted molar refractivity (Wildman–Crippen MR) is 60.3 cm³/mol. The number of rotatable bonds is 5. The number of hydrogen-bond acceptors (Lipinski definition) is 5. The van der Waals surface area contributed by atoms with Crippen LogP contribution in [0.5, 0.6) is 0 Å². The predicted octanol–water partition coefficient (Wildman–Crippen LogP) is -0.128. The molecule has 88 valence electrons. The highest BCUT2D eigenvalue weighted by Crippen LogP contribution is 2.24. The maximum absolute atomic E-state index is 11.2. The average molecular weight is 234 g/mol. The van der Waals surface area contributed by atoms with Gasteiger partial charge in [-0.1, -0.05) is 0 Å². The largest absolute Gasteiger partial charge is 0.367 e. The Kier molecular flexibility index (Phi) is 4.76. The van der Waals surface area contributed by atoms with Crippen LogP contribution in [0.2, 0.25) is 0 Å². The lowest BCUT2D eigenvalue weighted by Gasteiger charge is -2.33. The lowest BCUT2D eigenvalue weighted by atomic mass is 10.1. The molecule has 0 aromatic carbocycles. The first-order valence-corrected chi connectivity index (χ1v) is 5.66. The van der Waals surface area contributed by atoms with Crippen LogP contribution in [0.15, 0.2) is 0 Å². The summed E-state index contributed by atoms with van der Waals surface area (Å²) in [6.07, 6.45) is 0.972. The van der Waals surface area contributed by atoms with Crippen LogP contribution in [0.4, 0.5) is 0 Å². The van der Waals surface area contributed by atoms with Crippen molar-refractivity contribution >= 4 is 24.0 Å². The Morgan fingerprint density at radius 3 is 2.13 bits per heavy atom. The van der Waals surface area contributed by atoms with Crippen molar-refractivity contribution in [3.8, 4) is 0 Å². The number of nitrogens with two attached hydrogens (primary N) is 2. The van der Waals surface area contributed by atoms with E-state index in [1.165, 1.54) is 0 Å². The van der Waals surface area contributed by atoms with Gasteiger partial charge in [-0.3, -0.25) is 4.79 Å². The Morgan fingerprint density at radius 2 is 1.93 bits per heavy atom. The third kappa shape index (κ3) is 4.19. The highest BCUT2D eigenvalue weighted by molar-refractivity contribution is 8.00. The van der Waals surface area contributed by atoms with Crippen LogP contribution in [0.1, 0.15) is 20.8 Å². The molecule has 0 rings (SSSR count). The van der Waals surface area contributed by atoms with Crippen molar-refractivity contribution in [3.63, 3.8) is 0 Å². The molecule has 0 aromatic rings. The van der Waals surface area contributed by atoms with Crippen molar-refractivity contribution in [3.05, 3.63) is 0 Å². The molecule has 2 atom stereocenters. The molecule has 4 N–H and O–H groups in total. The van der Waals surface area contributed by atoms with Gasteiger partial charge in [-0.15, -0.1) is 11.8 Å². The standard InChI is InChI=1S/C9H18N2O3S/c1-8(2,3)14-6(7(10)13)9(11,5-12)15-4/h5-6H,11H2,1-4H3,(H2,10,13). The Labute approximate surface area is 93.9 Å². The summed E-state index contributed by atoms with van der Waals surface area (Å²) < 4.78 is 5.39. The van der Waals surface area contributed by atoms with Crippen molar-refractivity contribution < 1.29 is 14.3 Å². The molecule has 0 bridgehead atoms. The van der Waals surface area contributed by atoms with E-state index >= 15 is 0 Å². The lowest BCUT2D eigenvalue weighted by molar-refractivity contribution is -0.145. The van der Waals surface area contributed by atoms with Gasteiger partial charge >= 0.3 is 0 Å². The number of hydrogen-bond donors (Lipinski definition) is 2. The summed E-state index contributed by atoms with van der Waals surface area (Å²) in [5.41, 5.74) is 10.3. The third-order valence-corrected chi connectivity index (χ3v) is 2.69. The molecule has 0 fully saturated rings. The maximum Gasteiger partial charge on any atom is 0.249 e. The van der Waals surface area contributed by atoms with E-state index in [-0.39, 0.29) is 0 Å². The van der Waals surface area contributed by atoms with Crippen molar-refractivity contribution in [1.82, 2.24) is 0 Å². The minimum atomic E-state index is -1.43. The van der Waals surface area contributed by atoms with Crippen molar-refractivity contribution in [1.29, 1.82) is 0 Å². The van der Waals surface area contributed by atoms with Crippen LogP contribution in [-0.2, 0) is 14.3 Å². The molecule has 1 amide bonds. The second kappa shape index (κ2) is 4.96. The van der Waals surface area contributed by atoms with E-state index < -0.39 is 22.5 Å². The summed E-state index contributed by atoms with van der Waals surface area (Å²) in [4.78, 5) is 20.6. The lowest BCUT2D eigenvalue weighted by Crippen LogP contribution is -2.58. The molecule has 0 aliphatic heterocycles. The summed E-state index contributed by atoms with van der Waals surface area (Å²) in [6, 6.07) is 0. The highest BCUT2D eigenvalue weighted by atomic mass is 32.2. The number of ether oxygens (including phenoxy) is 1. The Bertz CT molecular complexity index is 252. The van der Waals surface area contributed by atoms with Crippen LogP contribution in [0, 0.1) is 0 Å². The molecule has 0 heterocycles. The number of thioether (sulfide) groups is 1. The second-order valence-electron chi connectivity index (χ2n) is 4.19. The van der Waals surface area contributed by atoms with Crippen LogP contribution in [0.25, 0.3) is 0 Å². The third-order valence-electron chi connectivity index (χ3n) is 1.68. The van der Waals surface area contributed by atoms with Crippen LogP contribution >= 0.6 is 11.8 Å². The zero-order valence-electron chi connectivity index (χ0n) is 9.44. The van der Waals surface area contributed by atoms with Gasteiger partial charge in [0.05, 0.1) is 5.60 Å². The molecule has 0 saturated carbocycles. The molecular weight excluding hydrogens is 216 g/mol. The molecular formula is C9H18N2O3S. The zero-order valence-corrected chi connectivity index (χ0v) is 10.3.